The van der Waals surface area contributed by atoms with Crippen LogP contribution in [0.1, 0.15) is 27.1 Å². The lowest BCUT2D eigenvalue weighted by Crippen LogP contribution is -2.19. The molecule has 0 aliphatic heterocycles. The zero-order chi connectivity index (χ0) is 13.8. The highest BCUT2D eigenvalue weighted by atomic mass is 32.1. The van der Waals surface area contributed by atoms with Gasteiger partial charge in [-0.2, -0.15) is 0 Å². The Balaban J connectivity index is 2.20. The van der Waals surface area contributed by atoms with Crippen molar-refractivity contribution in [2.45, 2.75) is 26.2 Å². The van der Waals surface area contributed by atoms with Gasteiger partial charge in [-0.3, -0.25) is 0 Å². The van der Waals surface area contributed by atoms with E-state index in [0.29, 0.717) is 0 Å². The molecule has 0 aliphatic carbocycles. The van der Waals surface area contributed by atoms with Gasteiger partial charge in [-0.15, -0.1) is 11.3 Å². The molecule has 0 saturated heterocycles. The summed E-state index contributed by atoms with van der Waals surface area (Å²) in [5, 5.41) is 4.31. The van der Waals surface area contributed by atoms with Gasteiger partial charge in [-0.05, 0) is 38.6 Å². The topological polar surface area (TPSA) is 24.9 Å². The minimum atomic E-state index is -0.176. The van der Waals surface area contributed by atoms with E-state index in [2.05, 4.69) is 17.2 Å². The molecule has 0 fully saturated rings. The number of benzene rings is 1. The minimum absolute atomic E-state index is 0.176. The van der Waals surface area contributed by atoms with E-state index < -0.39 is 0 Å². The first-order valence-electron chi connectivity index (χ1n) is 6.43. The fourth-order valence-corrected chi connectivity index (χ4v) is 3.17. The average molecular weight is 278 g/mol. The van der Waals surface area contributed by atoms with Crippen LogP contribution in [0.2, 0.25) is 0 Å². The number of hydrogen-bond donors (Lipinski definition) is 1. The summed E-state index contributed by atoms with van der Waals surface area (Å²) < 4.78 is 13.3. The predicted octanol–water partition coefficient (Wildman–Crippen LogP) is 3.44. The van der Waals surface area contributed by atoms with E-state index in [4.69, 9.17) is 0 Å². The van der Waals surface area contributed by atoms with Crippen LogP contribution in [0.3, 0.4) is 0 Å². The van der Waals surface area contributed by atoms with Gasteiger partial charge in [0.15, 0.2) is 0 Å². The number of hydrogen-bond acceptors (Lipinski definition) is 3. The van der Waals surface area contributed by atoms with Crippen molar-refractivity contribution in [1.82, 2.24) is 10.3 Å². The molecule has 0 amide bonds. The molecule has 2 aromatic rings. The maximum absolute atomic E-state index is 13.3. The molecule has 102 valence electrons. The Hall–Kier alpha value is -1.26. The highest BCUT2D eigenvalue weighted by Crippen LogP contribution is 2.25. The molecule has 2 nitrogen and oxygen atoms in total. The number of aromatic nitrogens is 1. The Kier molecular flexibility index (Phi) is 4.66. The van der Waals surface area contributed by atoms with E-state index in [1.165, 1.54) is 10.9 Å². The van der Waals surface area contributed by atoms with Crippen LogP contribution in [0, 0.1) is 19.7 Å². The highest BCUT2D eigenvalue weighted by molar-refractivity contribution is 7.11. The van der Waals surface area contributed by atoms with Crippen LogP contribution < -0.4 is 5.32 Å². The van der Waals surface area contributed by atoms with E-state index in [1.54, 1.807) is 23.5 Å². The van der Waals surface area contributed by atoms with Crippen molar-refractivity contribution in [3.8, 4) is 0 Å². The third-order valence-electron chi connectivity index (χ3n) is 3.26. The van der Waals surface area contributed by atoms with Crippen molar-refractivity contribution in [3.63, 3.8) is 0 Å². The summed E-state index contributed by atoms with van der Waals surface area (Å²) in [7, 11) is 1.92. The van der Waals surface area contributed by atoms with Gasteiger partial charge in [0.2, 0.25) is 0 Å². The van der Waals surface area contributed by atoms with Crippen LogP contribution in [0.15, 0.2) is 24.3 Å². The number of likely N-dealkylation sites (N-methyl/N-ethyl adjacent to an activating group) is 1. The maximum atomic E-state index is 13.3. The molecule has 1 aromatic carbocycles. The van der Waals surface area contributed by atoms with E-state index >= 15 is 0 Å². The Morgan fingerprint density at radius 3 is 2.74 bits per heavy atom. The van der Waals surface area contributed by atoms with Crippen molar-refractivity contribution in [1.29, 1.82) is 0 Å². The first kappa shape index (κ1) is 14.2. The van der Waals surface area contributed by atoms with Crippen molar-refractivity contribution in [3.05, 3.63) is 51.2 Å². The molecule has 0 bridgehead atoms. The number of rotatable bonds is 5. The molecule has 1 atom stereocenters. The summed E-state index contributed by atoms with van der Waals surface area (Å²) in [5.74, 6) is 0.0794. The minimum Gasteiger partial charge on any atom is -0.319 e. The van der Waals surface area contributed by atoms with E-state index in [9.17, 15) is 4.39 Å². The second-order valence-corrected chi connectivity index (χ2v) is 6.05. The van der Waals surface area contributed by atoms with Gasteiger partial charge < -0.3 is 5.32 Å². The first-order valence-corrected chi connectivity index (χ1v) is 7.24. The lowest BCUT2D eigenvalue weighted by atomic mass is 9.96. The van der Waals surface area contributed by atoms with E-state index in [-0.39, 0.29) is 11.7 Å². The van der Waals surface area contributed by atoms with Crippen molar-refractivity contribution in [2.24, 2.45) is 0 Å². The number of nitrogens with zero attached hydrogens (tertiary/aromatic N) is 1. The molecule has 1 heterocycles. The number of nitrogens with one attached hydrogen (secondary N) is 1. The van der Waals surface area contributed by atoms with Gasteiger partial charge in [0.1, 0.15) is 5.82 Å². The monoisotopic (exact) mass is 278 g/mol. The SMILES string of the molecule is CNCC(Cc1nc(C)c(C)s1)c1cccc(F)c1. The molecular weight excluding hydrogens is 259 g/mol. The molecule has 4 heteroatoms. The van der Waals surface area contributed by atoms with Gasteiger partial charge in [0, 0.05) is 23.8 Å². The zero-order valence-corrected chi connectivity index (χ0v) is 12.4. The van der Waals surface area contributed by atoms with Crippen molar-refractivity contribution < 1.29 is 4.39 Å². The van der Waals surface area contributed by atoms with Gasteiger partial charge in [-0.1, -0.05) is 12.1 Å². The molecule has 2 rings (SSSR count). The van der Waals surface area contributed by atoms with Crippen LogP contribution >= 0.6 is 11.3 Å². The number of thiazole rings is 1. The fraction of sp³-hybridized carbons (Fsp3) is 0.400. The first-order chi connectivity index (χ1) is 9.10. The Bertz CT molecular complexity index is 531. The second kappa shape index (κ2) is 6.26. The fourth-order valence-electron chi connectivity index (χ4n) is 2.15. The molecule has 0 radical (unpaired) electrons. The van der Waals surface area contributed by atoms with Gasteiger partial charge in [0.25, 0.3) is 0 Å². The molecule has 0 spiro atoms. The molecule has 1 N–H and O–H groups in total. The van der Waals surface area contributed by atoms with Crippen LogP contribution in [-0.4, -0.2) is 18.6 Å². The molecule has 1 aromatic heterocycles. The van der Waals surface area contributed by atoms with Gasteiger partial charge in [0.05, 0.1) is 10.7 Å². The summed E-state index contributed by atoms with van der Waals surface area (Å²) in [6.45, 7) is 4.94. The van der Waals surface area contributed by atoms with Crippen molar-refractivity contribution in [2.75, 3.05) is 13.6 Å². The maximum Gasteiger partial charge on any atom is 0.123 e. The van der Waals surface area contributed by atoms with Crippen LogP contribution in [0.25, 0.3) is 0 Å². The third-order valence-corrected chi connectivity index (χ3v) is 4.36. The van der Waals surface area contributed by atoms with Crippen molar-refractivity contribution >= 4 is 11.3 Å². The predicted molar refractivity (Wildman–Crippen MR) is 78.4 cm³/mol. The molecule has 1 unspecified atom stereocenters. The largest absolute Gasteiger partial charge is 0.319 e. The lowest BCUT2D eigenvalue weighted by molar-refractivity contribution is 0.599. The summed E-state index contributed by atoms with van der Waals surface area (Å²) in [4.78, 5) is 5.84. The second-order valence-electron chi connectivity index (χ2n) is 4.76. The summed E-state index contributed by atoms with van der Waals surface area (Å²) in [5.41, 5.74) is 2.13. The highest BCUT2D eigenvalue weighted by Gasteiger charge is 2.15. The Labute approximate surface area is 117 Å². The quantitative estimate of drug-likeness (QED) is 0.906. The zero-order valence-electron chi connectivity index (χ0n) is 11.5. The normalized spacial score (nSPS) is 12.6. The standard InChI is InChI=1S/C15H19FN2S/c1-10-11(2)19-15(18-10)8-13(9-17-3)12-5-4-6-14(16)7-12/h4-7,13,17H,8-9H2,1-3H3. The lowest BCUT2D eigenvalue weighted by Gasteiger charge is -2.15. The number of aryl methyl sites for hydroxylation is 2. The summed E-state index contributed by atoms with van der Waals surface area (Å²) in [6.07, 6.45) is 0.851. The number of halogens is 1. The molecular formula is C15H19FN2S. The summed E-state index contributed by atoms with van der Waals surface area (Å²) >= 11 is 1.73. The van der Waals surface area contributed by atoms with E-state index in [1.807, 2.05) is 20.0 Å². The van der Waals surface area contributed by atoms with Crippen LogP contribution in [-0.2, 0) is 6.42 Å². The van der Waals surface area contributed by atoms with Crippen LogP contribution in [0.5, 0.6) is 0 Å². The van der Waals surface area contributed by atoms with Gasteiger partial charge in [-0.25, -0.2) is 9.37 Å². The third kappa shape index (κ3) is 3.61. The van der Waals surface area contributed by atoms with Crippen LogP contribution in [0.4, 0.5) is 4.39 Å². The molecule has 0 aliphatic rings. The summed E-state index contributed by atoms with van der Waals surface area (Å²) in [6, 6.07) is 6.86. The van der Waals surface area contributed by atoms with Gasteiger partial charge >= 0.3 is 0 Å². The average Bonchev–Trinajstić information content (AvgIpc) is 2.68. The Morgan fingerprint density at radius 1 is 1.37 bits per heavy atom. The molecule has 19 heavy (non-hydrogen) atoms. The van der Waals surface area contributed by atoms with E-state index in [0.717, 1.165) is 29.2 Å². The Morgan fingerprint density at radius 2 is 2.16 bits per heavy atom. The smallest absolute Gasteiger partial charge is 0.123 e. The molecule has 0 saturated carbocycles.